The van der Waals surface area contributed by atoms with Gasteiger partial charge in [-0.1, -0.05) is 33.0 Å². The molecule has 3 fully saturated rings. The maximum absolute atomic E-state index is 5.34. The number of hydrogen-bond donors (Lipinski definition) is 0. The summed E-state index contributed by atoms with van der Waals surface area (Å²) in [7, 11) is 0. The second-order valence-electron chi connectivity index (χ2n) is 4.82. The van der Waals surface area contributed by atoms with Crippen LogP contribution in [0.5, 0.6) is 0 Å². The Kier molecular flexibility index (Phi) is 1.45. The van der Waals surface area contributed by atoms with Gasteiger partial charge in [-0.3, -0.25) is 0 Å². The van der Waals surface area contributed by atoms with Gasteiger partial charge in [0.15, 0.2) is 0 Å². The van der Waals surface area contributed by atoms with E-state index < -0.39 is 0 Å². The van der Waals surface area contributed by atoms with E-state index in [1.807, 2.05) is 0 Å². The van der Waals surface area contributed by atoms with Crippen molar-refractivity contribution in [2.24, 2.45) is 23.2 Å². The predicted molar refractivity (Wildman–Crippen MR) is 51.8 cm³/mol. The molecule has 0 saturated heterocycles. The Morgan fingerprint density at radius 2 is 2.09 bits per heavy atom. The summed E-state index contributed by atoms with van der Waals surface area (Å²) >= 11 is 5.34. The monoisotopic (exact) mass is 168 g/mol. The third-order valence-corrected chi connectivity index (χ3v) is 4.64. The fourth-order valence-electron chi connectivity index (χ4n) is 2.90. The zero-order valence-electron chi connectivity index (χ0n) is 7.55. The minimum atomic E-state index is 0.599. The van der Waals surface area contributed by atoms with E-state index in [0.29, 0.717) is 11.3 Å². The van der Waals surface area contributed by atoms with Crippen molar-refractivity contribution >= 4 is 17.1 Å². The fourth-order valence-corrected chi connectivity index (χ4v) is 3.27. The molecule has 2 bridgehead atoms. The number of hydrogen-bond acceptors (Lipinski definition) is 1. The maximum atomic E-state index is 5.34. The first-order valence-electron chi connectivity index (χ1n) is 4.56. The molecule has 1 heteroatoms. The molecule has 0 spiro atoms. The van der Waals surface area contributed by atoms with Crippen LogP contribution < -0.4 is 0 Å². The van der Waals surface area contributed by atoms with Crippen LogP contribution in [-0.2, 0) is 0 Å². The van der Waals surface area contributed by atoms with Gasteiger partial charge < -0.3 is 0 Å². The Morgan fingerprint density at radius 1 is 1.45 bits per heavy atom. The second-order valence-corrected chi connectivity index (χ2v) is 5.34. The van der Waals surface area contributed by atoms with Gasteiger partial charge in [-0.2, -0.15) is 0 Å². The molecule has 3 saturated carbocycles. The molecule has 0 N–H and O–H groups in total. The number of rotatable bonds is 0. The Hall–Kier alpha value is 0.0900. The SMILES string of the molecule is CC1C(=S)CC2CC1C2(C)C. The van der Waals surface area contributed by atoms with Crippen LogP contribution in [0.2, 0.25) is 0 Å². The van der Waals surface area contributed by atoms with Crippen LogP contribution in [0, 0.1) is 23.2 Å². The van der Waals surface area contributed by atoms with Crippen molar-refractivity contribution in [3.05, 3.63) is 0 Å². The fraction of sp³-hybridized carbons (Fsp3) is 0.900. The molecule has 0 aromatic rings. The molecule has 11 heavy (non-hydrogen) atoms. The van der Waals surface area contributed by atoms with Crippen LogP contribution in [0.1, 0.15) is 33.6 Å². The third-order valence-electron chi connectivity index (χ3n) is 4.11. The molecule has 0 aromatic heterocycles. The molecule has 0 aromatic carbocycles. The Labute approximate surface area is 74.4 Å². The first-order chi connectivity index (χ1) is 5.03. The molecule has 0 heterocycles. The molecule has 3 aliphatic rings. The normalized spacial score (nSPS) is 46.8. The third kappa shape index (κ3) is 0.837. The first kappa shape index (κ1) is 7.72. The molecule has 0 amide bonds. The molecule has 3 rings (SSSR count). The average Bonchev–Trinajstić information content (AvgIpc) is 1.93. The van der Waals surface area contributed by atoms with Gasteiger partial charge >= 0.3 is 0 Å². The molecule has 3 aliphatic carbocycles. The zero-order valence-corrected chi connectivity index (χ0v) is 8.37. The summed E-state index contributed by atoms with van der Waals surface area (Å²) in [5.41, 5.74) is 0.599. The second kappa shape index (κ2) is 2.07. The van der Waals surface area contributed by atoms with E-state index in [4.69, 9.17) is 12.2 Å². The lowest BCUT2D eigenvalue weighted by atomic mass is 9.46. The van der Waals surface area contributed by atoms with Gasteiger partial charge in [0.1, 0.15) is 0 Å². The number of thiocarbonyl (C=S) groups is 1. The van der Waals surface area contributed by atoms with E-state index in [1.54, 1.807) is 0 Å². The van der Waals surface area contributed by atoms with Crippen molar-refractivity contribution in [2.45, 2.75) is 33.6 Å². The highest BCUT2D eigenvalue weighted by atomic mass is 32.1. The van der Waals surface area contributed by atoms with Crippen molar-refractivity contribution in [2.75, 3.05) is 0 Å². The van der Waals surface area contributed by atoms with Gasteiger partial charge in [0.25, 0.3) is 0 Å². The molecule has 0 aliphatic heterocycles. The lowest BCUT2D eigenvalue weighted by molar-refractivity contribution is -0.0505. The molecule has 3 unspecified atom stereocenters. The molecule has 0 radical (unpaired) electrons. The molecule has 0 nitrogen and oxygen atoms in total. The first-order valence-corrected chi connectivity index (χ1v) is 4.97. The van der Waals surface area contributed by atoms with E-state index in [2.05, 4.69) is 20.8 Å². The topological polar surface area (TPSA) is 0 Å². The van der Waals surface area contributed by atoms with Crippen LogP contribution in [0.15, 0.2) is 0 Å². The lowest BCUT2D eigenvalue weighted by Crippen LogP contribution is -2.54. The summed E-state index contributed by atoms with van der Waals surface area (Å²) in [5.74, 6) is 2.52. The summed E-state index contributed by atoms with van der Waals surface area (Å²) in [6, 6.07) is 0. The standard InChI is InChI=1S/C10H16S/c1-6-8-4-7(5-9(6)11)10(8,2)3/h6-8H,4-5H2,1-3H3. The average molecular weight is 168 g/mol. The van der Waals surface area contributed by atoms with Gasteiger partial charge in [0, 0.05) is 0 Å². The van der Waals surface area contributed by atoms with Crippen LogP contribution in [0.4, 0.5) is 0 Å². The Morgan fingerprint density at radius 3 is 2.45 bits per heavy atom. The van der Waals surface area contributed by atoms with Crippen molar-refractivity contribution in [1.82, 2.24) is 0 Å². The summed E-state index contributed by atoms with van der Waals surface area (Å²) in [6.45, 7) is 7.12. The van der Waals surface area contributed by atoms with Crippen LogP contribution in [-0.4, -0.2) is 4.86 Å². The lowest BCUT2D eigenvalue weighted by Gasteiger charge is -2.59. The minimum Gasteiger partial charge on any atom is -0.0894 e. The van der Waals surface area contributed by atoms with Gasteiger partial charge in [-0.25, -0.2) is 0 Å². The smallest absolute Gasteiger partial charge is 0.00374 e. The number of fused-ring (bicyclic) bond motifs is 2. The highest BCUT2D eigenvalue weighted by molar-refractivity contribution is 7.80. The summed E-state index contributed by atoms with van der Waals surface area (Å²) < 4.78 is 0. The summed E-state index contributed by atoms with van der Waals surface area (Å²) in [5, 5.41) is 0. The largest absolute Gasteiger partial charge is 0.0894 e. The maximum Gasteiger partial charge on any atom is -0.00374 e. The highest BCUT2D eigenvalue weighted by Gasteiger charge is 2.54. The van der Waals surface area contributed by atoms with Crippen molar-refractivity contribution < 1.29 is 0 Å². The van der Waals surface area contributed by atoms with Crippen LogP contribution in [0.25, 0.3) is 0 Å². The van der Waals surface area contributed by atoms with E-state index in [9.17, 15) is 0 Å². The van der Waals surface area contributed by atoms with Gasteiger partial charge in [0.05, 0.1) is 0 Å². The molecule has 62 valence electrons. The van der Waals surface area contributed by atoms with Crippen molar-refractivity contribution in [3.8, 4) is 0 Å². The van der Waals surface area contributed by atoms with Crippen LogP contribution in [0.3, 0.4) is 0 Å². The minimum absolute atomic E-state index is 0.599. The predicted octanol–water partition coefficient (Wildman–Crippen LogP) is 3.06. The van der Waals surface area contributed by atoms with E-state index >= 15 is 0 Å². The van der Waals surface area contributed by atoms with Gasteiger partial charge in [-0.05, 0) is 40.9 Å². The molecule has 3 atom stereocenters. The van der Waals surface area contributed by atoms with E-state index in [-0.39, 0.29) is 0 Å². The summed E-state index contributed by atoms with van der Waals surface area (Å²) in [4.78, 5) is 1.34. The van der Waals surface area contributed by atoms with Gasteiger partial charge in [-0.15, -0.1) is 0 Å². The highest BCUT2D eigenvalue weighted by Crippen LogP contribution is 2.60. The van der Waals surface area contributed by atoms with Crippen molar-refractivity contribution in [3.63, 3.8) is 0 Å². The summed E-state index contributed by atoms with van der Waals surface area (Å²) in [6.07, 6.45) is 2.66. The van der Waals surface area contributed by atoms with E-state index in [1.165, 1.54) is 17.7 Å². The van der Waals surface area contributed by atoms with E-state index in [0.717, 1.165) is 11.8 Å². The van der Waals surface area contributed by atoms with Crippen LogP contribution >= 0.6 is 12.2 Å². The Bertz CT molecular complexity index is 205. The van der Waals surface area contributed by atoms with Crippen molar-refractivity contribution in [1.29, 1.82) is 0 Å². The molecular formula is C10H16S. The molecular weight excluding hydrogens is 152 g/mol. The zero-order chi connectivity index (χ0) is 8.22. The van der Waals surface area contributed by atoms with Gasteiger partial charge in [0.2, 0.25) is 0 Å². The Balaban J connectivity index is 2.23. The quantitative estimate of drug-likeness (QED) is 0.501.